The zero-order valence-corrected chi connectivity index (χ0v) is 5.20. The maximum Gasteiger partial charge on any atom is 0.280 e. The van der Waals surface area contributed by atoms with E-state index in [4.69, 9.17) is 0 Å². The molecule has 0 spiro atoms. The van der Waals surface area contributed by atoms with Gasteiger partial charge in [-0.25, -0.2) is 0 Å². The summed E-state index contributed by atoms with van der Waals surface area (Å²) in [5, 5.41) is 1.93. The highest BCUT2D eigenvalue weighted by atomic mass is 32.1. The molecule has 0 aromatic carbocycles. The van der Waals surface area contributed by atoms with Gasteiger partial charge >= 0.3 is 0 Å². The molecule has 0 saturated carbocycles. The van der Waals surface area contributed by atoms with Crippen molar-refractivity contribution in [3.05, 3.63) is 0 Å². The summed E-state index contributed by atoms with van der Waals surface area (Å²) in [6.07, 6.45) is 0. The normalized spacial score (nSPS) is 7.62. The molecular formula is C4H5NO2S. The van der Waals surface area contributed by atoms with Gasteiger partial charge in [0, 0.05) is 7.11 Å². The fraction of sp³-hybridized carbons (Fsp3) is 0.500. The number of amides is 1. The molecule has 8 heavy (non-hydrogen) atoms. The average Bonchev–Trinajstić information content (AvgIpc) is 1.68. The molecule has 0 aliphatic rings. The molecule has 4 heteroatoms. The van der Waals surface area contributed by atoms with Gasteiger partial charge in [0.1, 0.15) is 6.61 Å². The van der Waals surface area contributed by atoms with E-state index in [9.17, 15) is 4.79 Å². The zero-order valence-electron chi connectivity index (χ0n) is 4.38. The standard InChI is InChI=1S/C4H5NO2S/c1-7-2-4(6)5-3-8/h2H2,1H3. The number of methoxy groups -OCH3 is 1. The quantitative estimate of drug-likeness (QED) is 0.398. The van der Waals surface area contributed by atoms with Gasteiger partial charge in [0.25, 0.3) is 5.91 Å². The van der Waals surface area contributed by atoms with E-state index < -0.39 is 5.91 Å². The van der Waals surface area contributed by atoms with Crippen LogP contribution in [0.25, 0.3) is 0 Å². The Labute approximate surface area is 52.4 Å². The van der Waals surface area contributed by atoms with Gasteiger partial charge in [-0.1, -0.05) is 0 Å². The highest BCUT2D eigenvalue weighted by molar-refractivity contribution is 7.78. The fourth-order valence-electron chi connectivity index (χ4n) is 0.207. The molecule has 0 aromatic rings. The van der Waals surface area contributed by atoms with Crippen LogP contribution < -0.4 is 0 Å². The molecule has 0 aliphatic carbocycles. The lowest BCUT2D eigenvalue weighted by molar-refractivity contribution is -0.121. The van der Waals surface area contributed by atoms with E-state index in [1.54, 1.807) is 0 Å². The van der Waals surface area contributed by atoms with Crippen LogP contribution in [0, 0.1) is 0 Å². The lowest BCUT2D eigenvalue weighted by Gasteiger charge is -1.85. The molecular weight excluding hydrogens is 126 g/mol. The number of carbonyl (C=O) groups excluding carboxylic acids is 1. The van der Waals surface area contributed by atoms with Crippen molar-refractivity contribution >= 4 is 23.3 Å². The van der Waals surface area contributed by atoms with Crippen LogP contribution in [0.3, 0.4) is 0 Å². The predicted octanol–water partition coefficient (Wildman–Crippen LogP) is 0.262. The Hall–Kier alpha value is -0.570. The molecule has 0 bridgehead atoms. The molecule has 0 saturated heterocycles. The van der Waals surface area contributed by atoms with Gasteiger partial charge in [0.2, 0.25) is 0 Å². The van der Waals surface area contributed by atoms with Crippen LogP contribution in [0.5, 0.6) is 0 Å². The second kappa shape index (κ2) is 4.59. The summed E-state index contributed by atoms with van der Waals surface area (Å²) in [6, 6.07) is 0. The second-order valence-electron chi connectivity index (χ2n) is 1.03. The van der Waals surface area contributed by atoms with Crippen molar-refractivity contribution in [3.8, 4) is 0 Å². The summed E-state index contributed by atoms with van der Waals surface area (Å²) in [6.45, 7) is -0.0242. The van der Waals surface area contributed by atoms with Crippen LogP contribution >= 0.6 is 12.2 Å². The number of rotatable bonds is 2. The van der Waals surface area contributed by atoms with E-state index in [0.29, 0.717) is 0 Å². The molecule has 0 rings (SSSR count). The lowest BCUT2D eigenvalue weighted by atomic mass is 10.7. The van der Waals surface area contributed by atoms with Gasteiger partial charge in [-0.15, -0.1) is 0 Å². The molecule has 0 radical (unpaired) electrons. The van der Waals surface area contributed by atoms with Crippen molar-refractivity contribution in [1.29, 1.82) is 0 Å². The SMILES string of the molecule is COCC(=O)N=C=S. The maximum absolute atomic E-state index is 10.2. The minimum Gasteiger partial charge on any atom is -0.375 e. The highest BCUT2D eigenvalue weighted by Gasteiger charge is 1.91. The molecule has 0 aromatic heterocycles. The highest BCUT2D eigenvalue weighted by Crippen LogP contribution is 1.72. The van der Waals surface area contributed by atoms with E-state index >= 15 is 0 Å². The summed E-state index contributed by atoms with van der Waals surface area (Å²) in [7, 11) is 1.41. The van der Waals surface area contributed by atoms with Gasteiger partial charge < -0.3 is 4.74 Å². The Morgan fingerprint density at radius 3 is 3.00 bits per heavy atom. The van der Waals surface area contributed by atoms with Crippen molar-refractivity contribution in [2.75, 3.05) is 13.7 Å². The largest absolute Gasteiger partial charge is 0.375 e. The molecule has 0 aliphatic heterocycles. The molecule has 0 N–H and O–H groups in total. The van der Waals surface area contributed by atoms with E-state index in [0.717, 1.165) is 0 Å². The number of carbonyl (C=O) groups is 1. The first-order valence-electron chi connectivity index (χ1n) is 1.91. The molecule has 0 heterocycles. The molecule has 3 nitrogen and oxygen atoms in total. The molecule has 0 atom stereocenters. The Bertz CT molecular complexity index is 128. The number of ether oxygens (including phenoxy) is 1. The van der Waals surface area contributed by atoms with Crippen molar-refractivity contribution in [1.82, 2.24) is 0 Å². The number of thiocarbonyl (C=S) groups is 1. The summed E-state index contributed by atoms with van der Waals surface area (Å²) in [4.78, 5) is 13.3. The molecule has 44 valence electrons. The number of hydrogen-bond donors (Lipinski definition) is 0. The van der Waals surface area contributed by atoms with Crippen molar-refractivity contribution in [3.63, 3.8) is 0 Å². The number of hydrogen-bond acceptors (Lipinski definition) is 3. The summed E-state index contributed by atoms with van der Waals surface area (Å²) >= 11 is 4.15. The molecule has 0 unspecified atom stereocenters. The smallest absolute Gasteiger partial charge is 0.280 e. The monoisotopic (exact) mass is 131 g/mol. The minimum absolute atomic E-state index is 0.0242. The van der Waals surface area contributed by atoms with Gasteiger partial charge in [-0.05, 0) is 12.2 Å². The third-order valence-corrected chi connectivity index (χ3v) is 0.529. The zero-order chi connectivity index (χ0) is 6.41. The predicted molar refractivity (Wildman–Crippen MR) is 31.9 cm³/mol. The van der Waals surface area contributed by atoms with Crippen LogP contribution in [-0.2, 0) is 9.53 Å². The Morgan fingerprint density at radius 2 is 2.62 bits per heavy atom. The lowest BCUT2D eigenvalue weighted by Crippen LogP contribution is -2.01. The van der Waals surface area contributed by atoms with Gasteiger partial charge in [0.15, 0.2) is 0 Å². The first-order chi connectivity index (χ1) is 3.81. The first-order valence-corrected chi connectivity index (χ1v) is 2.31. The van der Waals surface area contributed by atoms with Crippen LogP contribution in [0.15, 0.2) is 4.99 Å². The number of isothiocyanates is 1. The van der Waals surface area contributed by atoms with Crippen LogP contribution in [0.4, 0.5) is 0 Å². The Balaban J connectivity index is 3.49. The van der Waals surface area contributed by atoms with E-state index in [-0.39, 0.29) is 6.61 Å². The van der Waals surface area contributed by atoms with E-state index in [1.165, 1.54) is 7.11 Å². The third kappa shape index (κ3) is 3.61. The average molecular weight is 131 g/mol. The van der Waals surface area contributed by atoms with Gasteiger partial charge in [-0.3, -0.25) is 4.79 Å². The number of aliphatic imine (C=N–C) groups is 1. The minimum atomic E-state index is -0.400. The topological polar surface area (TPSA) is 38.7 Å². The van der Waals surface area contributed by atoms with Gasteiger partial charge in [0.05, 0.1) is 5.16 Å². The maximum atomic E-state index is 10.2. The second-order valence-corrected chi connectivity index (χ2v) is 1.21. The van der Waals surface area contributed by atoms with Gasteiger partial charge in [-0.2, -0.15) is 4.99 Å². The Morgan fingerprint density at radius 1 is 2.00 bits per heavy atom. The Kier molecular flexibility index (Phi) is 4.26. The summed E-state index contributed by atoms with van der Waals surface area (Å²) in [5.41, 5.74) is 0. The van der Waals surface area contributed by atoms with Crippen LogP contribution in [0.2, 0.25) is 0 Å². The van der Waals surface area contributed by atoms with Crippen molar-refractivity contribution < 1.29 is 9.53 Å². The van der Waals surface area contributed by atoms with Crippen LogP contribution in [-0.4, -0.2) is 24.8 Å². The van der Waals surface area contributed by atoms with E-state index in [1.807, 2.05) is 5.16 Å². The summed E-state index contributed by atoms with van der Waals surface area (Å²) < 4.78 is 4.43. The number of nitrogens with zero attached hydrogens (tertiary/aromatic N) is 1. The summed E-state index contributed by atoms with van der Waals surface area (Å²) in [5.74, 6) is -0.400. The third-order valence-electron chi connectivity index (χ3n) is 0.438. The van der Waals surface area contributed by atoms with Crippen molar-refractivity contribution in [2.24, 2.45) is 4.99 Å². The van der Waals surface area contributed by atoms with E-state index in [2.05, 4.69) is 21.9 Å². The molecule has 0 fully saturated rings. The first kappa shape index (κ1) is 7.43. The van der Waals surface area contributed by atoms with Crippen LogP contribution in [0.1, 0.15) is 0 Å². The van der Waals surface area contributed by atoms with Crippen molar-refractivity contribution in [2.45, 2.75) is 0 Å². The molecule has 1 amide bonds. The fourth-order valence-corrected chi connectivity index (χ4v) is 0.308.